The van der Waals surface area contributed by atoms with E-state index in [-0.39, 0.29) is 0 Å². The molecule has 0 atom stereocenters. The standard InChI is InChI=1S/C50H30N4S/c1-2-11-31(12-3-1)32-21-25-35(26-22-32)53-42-17-7-4-13-36(42)38-27-23-33(29-44(38)53)34-24-28-39-37-14-5-8-18-43(37)54(45(39)30-34)50-51-41-16-10-20-47-48(41)49(52-50)40-15-6-9-19-46(40)55-47/h1-30H. The Hall–Kier alpha value is -6.95. The minimum Gasteiger partial charge on any atom is -0.309 e. The summed E-state index contributed by atoms with van der Waals surface area (Å²) in [6, 6.07) is 65.5. The van der Waals surface area contributed by atoms with Gasteiger partial charge in [0.2, 0.25) is 5.95 Å². The topological polar surface area (TPSA) is 35.6 Å². The summed E-state index contributed by atoms with van der Waals surface area (Å²) in [6.07, 6.45) is 0. The predicted molar refractivity (Wildman–Crippen MR) is 229 cm³/mol. The molecule has 8 aromatic carbocycles. The van der Waals surface area contributed by atoms with E-state index in [1.165, 1.54) is 53.5 Å². The fourth-order valence-corrected chi connectivity index (χ4v) is 9.72. The molecule has 0 spiro atoms. The van der Waals surface area contributed by atoms with Gasteiger partial charge >= 0.3 is 0 Å². The number of nitrogens with zero attached hydrogens (tertiary/aromatic N) is 4. The van der Waals surface area contributed by atoms with Crippen LogP contribution in [0.2, 0.25) is 0 Å². The van der Waals surface area contributed by atoms with Gasteiger partial charge in [-0.15, -0.1) is 0 Å². The Labute approximate surface area is 321 Å². The summed E-state index contributed by atoms with van der Waals surface area (Å²) in [5, 5.41) is 5.95. The van der Waals surface area contributed by atoms with Crippen LogP contribution in [0.1, 0.15) is 0 Å². The summed E-state index contributed by atoms with van der Waals surface area (Å²) in [4.78, 5) is 13.1. The van der Waals surface area contributed by atoms with E-state index in [1.807, 2.05) is 0 Å². The summed E-state index contributed by atoms with van der Waals surface area (Å²) in [7, 11) is 0. The lowest BCUT2D eigenvalue weighted by atomic mass is 10.0. The van der Waals surface area contributed by atoms with Crippen molar-refractivity contribution < 1.29 is 0 Å². The number of hydrogen-bond donors (Lipinski definition) is 0. The van der Waals surface area contributed by atoms with Gasteiger partial charge in [0.05, 0.1) is 33.3 Å². The van der Waals surface area contributed by atoms with Crippen LogP contribution in [-0.2, 0) is 0 Å². The van der Waals surface area contributed by atoms with Gasteiger partial charge in [-0.1, -0.05) is 139 Å². The van der Waals surface area contributed by atoms with Crippen molar-refractivity contribution in [2.75, 3.05) is 0 Å². The van der Waals surface area contributed by atoms with Gasteiger partial charge in [-0.3, -0.25) is 4.57 Å². The zero-order valence-electron chi connectivity index (χ0n) is 29.5. The minimum absolute atomic E-state index is 0.680. The van der Waals surface area contributed by atoms with Crippen molar-refractivity contribution >= 4 is 66.3 Å². The molecule has 1 aliphatic rings. The molecule has 11 aromatic rings. The van der Waals surface area contributed by atoms with E-state index in [2.05, 4.69) is 191 Å². The monoisotopic (exact) mass is 718 g/mol. The van der Waals surface area contributed by atoms with Crippen LogP contribution in [0.15, 0.2) is 192 Å². The van der Waals surface area contributed by atoms with Crippen molar-refractivity contribution in [3.8, 4) is 45.1 Å². The summed E-state index contributed by atoms with van der Waals surface area (Å²) in [6.45, 7) is 0. The fraction of sp³-hybridized carbons (Fsp3) is 0. The van der Waals surface area contributed by atoms with Crippen LogP contribution in [0, 0.1) is 0 Å². The van der Waals surface area contributed by atoms with E-state index in [9.17, 15) is 0 Å². The molecule has 0 amide bonds. The van der Waals surface area contributed by atoms with Gasteiger partial charge in [0.1, 0.15) is 0 Å². The molecule has 0 aliphatic carbocycles. The van der Waals surface area contributed by atoms with Crippen molar-refractivity contribution in [3.05, 3.63) is 182 Å². The molecule has 5 heteroatoms. The highest BCUT2D eigenvalue weighted by Crippen LogP contribution is 2.47. The summed E-state index contributed by atoms with van der Waals surface area (Å²) in [5.74, 6) is 0.680. The lowest BCUT2D eigenvalue weighted by Crippen LogP contribution is -2.05. The molecular formula is C50H30N4S. The summed E-state index contributed by atoms with van der Waals surface area (Å²) < 4.78 is 4.66. The molecule has 4 heterocycles. The molecule has 0 bridgehead atoms. The molecule has 4 nitrogen and oxygen atoms in total. The SMILES string of the molecule is c1ccc(-c2ccc(-n3c4ccccc4c4ccc(-c5ccc6c7ccccc7n(-c7nc8c9c(cccc9n7)Sc7ccccc7-8)c6c5)cc43)cc2)cc1. The third-order valence-corrected chi connectivity index (χ3v) is 12.3. The normalized spacial score (nSPS) is 12.3. The van der Waals surface area contributed by atoms with Gasteiger partial charge in [-0.25, -0.2) is 9.97 Å². The van der Waals surface area contributed by atoms with Crippen molar-refractivity contribution in [2.24, 2.45) is 0 Å². The van der Waals surface area contributed by atoms with Crippen LogP contribution in [-0.4, -0.2) is 19.1 Å². The lowest BCUT2D eigenvalue weighted by molar-refractivity contribution is 1.01. The number of para-hydroxylation sites is 2. The van der Waals surface area contributed by atoms with Crippen LogP contribution < -0.4 is 0 Å². The molecule has 1 aliphatic heterocycles. The zero-order valence-corrected chi connectivity index (χ0v) is 30.3. The Morgan fingerprint density at radius 1 is 0.382 bits per heavy atom. The molecule has 0 saturated heterocycles. The second-order valence-electron chi connectivity index (χ2n) is 14.2. The molecule has 0 radical (unpaired) electrons. The molecule has 12 rings (SSSR count). The highest BCUT2D eigenvalue weighted by molar-refractivity contribution is 7.99. The third kappa shape index (κ3) is 4.60. The first-order valence-corrected chi connectivity index (χ1v) is 19.4. The van der Waals surface area contributed by atoms with Crippen molar-refractivity contribution in [1.29, 1.82) is 0 Å². The summed E-state index contributed by atoms with van der Waals surface area (Å²) in [5.41, 5.74) is 13.5. The fourth-order valence-electron chi connectivity index (χ4n) is 8.62. The highest BCUT2D eigenvalue weighted by atomic mass is 32.2. The Balaban J connectivity index is 1.06. The molecule has 256 valence electrons. The Morgan fingerprint density at radius 2 is 0.945 bits per heavy atom. The van der Waals surface area contributed by atoms with Crippen LogP contribution in [0.5, 0.6) is 0 Å². The maximum atomic E-state index is 5.39. The predicted octanol–water partition coefficient (Wildman–Crippen LogP) is 13.3. The largest absolute Gasteiger partial charge is 0.309 e. The second kappa shape index (κ2) is 11.8. The number of hydrogen-bond acceptors (Lipinski definition) is 3. The summed E-state index contributed by atoms with van der Waals surface area (Å²) >= 11 is 1.80. The van der Waals surface area contributed by atoms with Gasteiger partial charge in [-0.2, -0.15) is 0 Å². The molecule has 0 N–H and O–H groups in total. The van der Waals surface area contributed by atoms with E-state index in [1.54, 1.807) is 11.8 Å². The number of rotatable bonds is 4. The molecule has 3 aromatic heterocycles. The van der Waals surface area contributed by atoms with Gasteiger partial charge in [0.25, 0.3) is 0 Å². The Kier molecular flexibility index (Phi) is 6.53. The van der Waals surface area contributed by atoms with Crippen LogP contribution in [0.25, 0.3) is 99.7 Å². The molecule has 55 heavy (non-hydrogen) atoms. The first-order chi connectivity index (χ1) is 27.3. The smallest absolute Gasteiger partial charge is 0.235 e. The van der Waals surface area contributed by atoms with E-state index < -0.39 is 0 Å². The van der Waals surface area contributed by atoms with Crippen LogP contribution in [0.4, 0.5) is 0 Å². The van der Waals surface area contributed by atoms with Crippen molar-refractivity contribution in [2.45, 2.75) is 9.79 Å². The number of fused-ring (bicyclic) bond motifs is 8. The molecular weight excluding hydrogens is 689 g/mol. The van der Waals surface area contributed by atoms with Crippen molar-refractivity contribution in [1.82, 2.24) is 19.1 Å². The second-order valence-corrected chi connectivity index (χ2v) is 15.3. The van der Waals surface area contributed by atoms with Crippen molar-refractivity contribution in [3.63, 3.8) is 0 Å². The average Bonchev–Trinajstić information content (AvgIpc) is 3.76. The van der Waals surface area contributed by atoms with Gasteiger partial charge in [0, 0.05) is 48.0 Å². The molecule has 0 fully saturated rings. The molecule has 0 saturated carbocycles. The first-order valence-electron chi connectivity index (χ1n) is 18.6. The van der Waals surface area contributed by atoms with E-state index in [0.717, 1.165) is 50.0 Å². The number of benzene rings is 8. The van der Waals surface area contributed by atoms with E-state index in [4.69, 9.17) is 9.97 Å². The van der Waals surface area contributed by atoms with Gasteiger partial charge < -0.3 is 4.57 Å². The maximum Gasteiger partial charge on any atom is 0.235 e. The Morgan fingerprint density at radius 3 is 1.69 bits per heavy atom. The number of aromatic nitrogens is 4. The average molecular weight is 719 g/mol. The minimum atomic E-state index is 0.680. The van der Waals surface area contributed by atoms with E-state index in [0.29, 0.717) is 5.95 Å². The van der Waals surface area contributed by atoms with Gasteiger partial charge in [-0.05, 0) is 76.9 Å². The first kappa shape index (κ1) is 30.5. The van der Waals surface area contributed by atoms with E-state index >= 15 is 0 Å². The van der Waals surface area contributed by atoms with Crippen LogP contribution >= 0.6 is 11.8 Å². The maximum absolute atomic E-state index is 5.39. The molecule has 0 unspecified atom stereocenters. The Bertz CT molecular complexity index is 3340. The zero-order chi connectivity index (χ0) is 36.0. The lowest BCUT2D eigenvalue weighted by Gasteiger charge is -2.20. The quantitative estimate of drug-likeness (QED) is 0.182. The van der Waals surface area contributed by atoms with Gasteiger partial charge in [0.15, 0.2) is 0 Å². The third-order valence-electron chi connectivity index (χ3n) is 11.1. The van der Waals surface area contributed by atoms with Crippen LogP contribution in [0.3, 0.4) is 0 Å². The highest BCUT2D eigenvalue weighted by Gasteiger charge is 2.24.